The Morgan fingerprint density at radius 1 is 0.474 bits per heavy atom. The highest BCUT2D eigenvalue weighted by Gasteiger charge is 2.57. The lowest BCUT2D eigenvalue weighted by Gasteiger charge is -2.50. The number of hydrogen-bond acceptors (Lipinski definition) is 2. The number of hydrogen-bond donors (Lipinski definition) is 0. The van der Waals surface area contributed by atoms with Crippen LogP contribution in [0.5, 0.6) is 0 Å². The molecule has 1 aliphatic heterocycles. The van der Waals surface area contributed by atoms with Gasteiger partial charge in [0.1, 0.15) is 0 Å². The van der Waals surface area contributed by atoms with Crippen LogP contribution >= 0.6 is 0 Å². The van der Waals surface area contributed by atoms with E-state index in [9.17, 15) is 5.26 Å². The van der Waals surface area contributed by atoms with Gasteiger partial charge in [-0.05, 0) is 151 Å². The normalized spacial score (nSPS) is 18.9. The number of nitriles is 1. The Balaban J connectivity index is 1.22. The van der Waals surface area contributed by atoms with Crippen LogP contribution in [0.1, 0.15) is 50.7 Å². The number of anilines is 2. The van der Waals surface area contributed by atoms with Gasteiger partial charge in [-0.15, -0.1) is 0 Å². The molecule has 0 N–H and O–H groups in total. The summed E-state index contributed by atoms with van der Waals surface area (Å²) in [5.41, 5.74) is 14.4. The Labute approximate surface area is 334 Å². The average molecular weight is 731 g/mol. The Kier molecular flexibility index (Phi) is 7.47. The molecule has 2 unspecified atom stereocenters. The lowest BCUT2D eigenvalue weighted by molar-refractivity contribution is 0.195. The smallest absolute Gasteiger partial charge is 0.0991 e. The van der Waals surface area contributed by atoms with E-state index in [1.54, 1.807) is 0 Å². The molecule has 0 bridgehead atoms. The zero-order valence-electron chi connectivity index (χ0n) is 32.4. The first-order valence-electron chi connectivity index (χ1n) is 20.4. The fraction of sp³-hybridized carbons (Fsp3) is 0.145. The molecule has 0 aromatic heterocycles. The van der Waals surface area contributed by atoms with Crippen molar-refractivity contribution in [2.75, 3.05) is 4.90 Å². The summed E-state index contributed by atoms with van der Waals surface area (Å²) >= 11 is 0. The van der Waals surface area contributed by atoms with Gasteiger partial charge in [-0.1, -0.05) is 141 Å². The molecule has 1 aliphatic carbocycles. The minimum absolute atomic E-state index is 0.0360. The summed E-state index contributed by atoms with van der Waals surface area (Å²) in [6.45, 7) is 4.98. The van der Waals surface area contributed by atoms with E-state index in [1.165, 1.54) is 101 Å². The molecule has 0 saturated heterocycles. The van der Waals surface area contributed by atoms with Crippen molar-refractivity contribution in [3.05, 3.63) is 181 Å². The van der Waals surface area contributed by atoms with Crippen LogP contribution in [0.15, 0.2) is 170 Å². The van der Waals surface area contributed by atoms with E-state index in [0.717, 1.165) is 18.5 Å². The molecule has 1 heterocycles. The van der Waals surface area contributed by atoms with Gasteiger partial charge >= 0.3 is 0 Å². The number of nitrogens with zero attached hydrogens (tertiary/aromatic N) is 2. The standard InChI is InChI=1S/C55H42N2/c1-54-30-12-13-31-55(54,2)57(41-23-20-36(35-56)21-24-41)51-29-22-40(32-50(51)54)49-34-48(39-18-10-5-11-19-39)44-26-25-42-46(37-14-6-3-7-15-37)33-47(38-16-8-4-9-17-38)43-27-28-45(49)53(44)52(42)43/h3-11,14-29,32-34H,12-13,30-31H2,1-2H3. The minimum atomic E-state index is -0.0834. The van der Waals surface area contributed by atoms with Gasteiger partial charge in [0, 0.05) is 16.8 Å². The first-order valence-corrected chi connectivity index (χ1v) is 20.4. The van der Waals surface area contributed by atoms with Crippen LogP contribution in [0.4, 0.5) is 11.4 Å². The first kappa shape index (κ1) is 33.6. The first-order chi connectivity index (χ1) is 28.0. The average Bonchev–Trinajstić information content (AvgIpc) is 3.48. The fourth-order valence-electron chi connectivity index (χ4n) is 10.8. The SMILES string of the molecule is CC12CCCCC1(C)N(c1ccc(C#N)cc1)c1ccc(-c3cc(-c4ccccc4)c4ccc5c(-c6ccccc6)cc(-c6ccccc6)c6ccc3c4c56)cc12. The van der Waals surface area contributed by atoms with Gasteiger partial charge in [-0.2, -0.15) is 5.26 Å². The molecular weight excluding hydrogens is 689 g/mol. The van der Waals surface area contributed by atoms with E-state index < -0.39 is 0 Å². The van der Waals surface area contributed by atoms with Crippen molar-refractivity contribution < 1.29 is 0 Å². The van der Waals surface area contributed by atoms with Crippen LogP contribution in [0, 0.1) is 11.3 Å². The van der Waals surface area contributed by atoms with Crippen molar-refractivity contribution >= 4 is 43.7 Å². The molecule has 11 rings (SSSR count). The van der Waals surface area contributed by atoms with E-state index in [2.05, 4.69) is 183 Å². The van der Waals surface area contributed by atoms with Crippen molar-refractivity contribution in [3.8, 4) is 50.6 Å². The molecule has 272 valence electrons. The maximum absolute atomic E-state index is 9.60. The Hall–Kier alpha value is -6.69. The van der Waals surface area contributed by atoms with E-state index >= 15 is 0 Å². The number of rotatable bonds is 5. The zero-order valence-corrected chi connectivity index (χ0v) is 32.4. The van der Waals surface area contributed by atoms with Gasteiger partial charge in [-0.25, -0.2) is 0 Å². The highest BCUT2D eigenvalue weighted by Crippen LogP contribution is 2.61. The Morgan fingerprint density at radius 2 is 0.930 bits per heavy atom. The maximum atomic E-state index is 9.60. The predicted octanol–water partition coefficient (Wildman–Crippen LogP) is 14.9. The summed E-state index contributed by atoms with van der Waals surface area (Å²) in [6, 6.07) is 64.9. The lowest BCUT2D eigenvalue weighted by atomic mass is 9.61. The summed E-state index contributed by atoms with van der Waals surface area (Å²) in [7, 11) is 0. The summed E-state index contributed by atoms with van der Waals surface area (Å²) in [6.07, 6.45) is 4.70. The molecule has 2 atom stereocenters. The quantitative estimate of drug-likeness (QED) is 0.165. The van der Waals surface area contributed by atoms with Crippen molar-refractivity contribution in [2.24, 2.45) is 0 Å². The Bertz CT molecular complexity index is 2970. The van der Waals surface area contributed by atoms with E-state index in [4.69, 9.17) is 0 Å². The molecule has 2 heteroatoms. The van der Waals surface area contributed by atoms with Crippen molar-refractivity contribution in [1.82, 2.24) is 0 Å². The van der Waals surface area contributed by atoms with Crippen LogP contribution < -0.4 is 4.90 Å². The summed E-state index contributed by atoms with van der Waals surface area (Å²) < 4.78 is 0. The van der Waals surface area contributed by atoms with Crippen molar-refractivity contribution in [3.63, 3.8) is 0 Å². The molecule has 2 aliphatic rings. The van der Waals surface area contributed by atoms with Crippen LogP contribution in [0.2, 0.25) is 0 Å². The third-order valence-corrected chi connectivity index (χ3v) is 13.8. The summed E-state index contributed by atoms with van der Waals surface area (Å²) in [4.78, 5) is 2.60. The second-order valence-corrected chi connectivity index (χ2v) is 16.7. The van der Waals surface area contributed by atoms with Crippen LogP contribution in [0.25, 0.3) is 76.8 Å². The monoisotopic (exact) mass is 730 g/mol. The molecular formula is C55H42N2. The third kappa shape index (κ3) is 4.89. The molecule has 0 radical (unpaired) electrons. The topological polar surface area (TPSA) is 27.0 Å². The number of benzene rings is 9. The van der Waals surface area contributed by atoms with Gasteiger partial charge in [0.05, 0.1) is 17.2 Å². The molecule has 9 aromatic carbocycles. The van der Waals surface area contributed by atoms with Crippen molar-refractivity contribution in [1.29, 1.82) is 5.26 Å². The van der Waals surface area contributed by atoms with Gasteiger partial charge in [-0.3, -0.25) is 0 Å². The van der Waals surface area contributed by atoms with Gasteiger partial charge in [0.15, 0.2) is 0 Å². The zero-order chi connectivity index (χ0) is 38.3. The van der Waals surface area contributed by atoms with Gasteiger partial charge in [0.2, 0.25) is 0 Å². The van der Waals surface area contributed by atoms with Crippen LogP contribution in [-0.4, -0.2) is 5.54 Å². The highest BCUT2D eigenvalue weighted by molar-refractivity contribution is 6.32. The largest absolute Gasteiger partial charge is 0.334 e. The van der Waals surface area contributed by atoms with E-state index in [-0.39, 0.29) is 11.0 Å². The molecule has 0 amide bonds. The molecule has 2 nitrogen and oxygen atoms in total. The predicted molar refractivity (Wildman–Crippen MR) is 239 cm³/mol. The lowest BCUT2D eigenvalue weighted by Crippen LogP contribution is -2.54. The van der Waals surface area contributed by atoms with E-state index in [0.29, 0.717) is 5.56 Å². The van der Waals surface area contributed by atoms with E-state index in [1.807, 2.05) is 12.1 Å². The van der Waals surface area contributed by atoms with Crippen LogP contribution in [-0.2, 0) is 5.41 Å². The highest BCUT2D eigenvalue weighted by atomic mass is 15.3. The third-order valence-electron chi connectivity index (χ3n) is 13.8. The summed E-state index contributed by atoms with van der Waals surface area (Å²) in [5.74, 6) is 0. The molecule has 0 spiro atoms. The fourth-order valence-corrected chi connectivity index (χ4v) is 10.8. The second kappa shape index (κ2) is 12.7. The van der Waals surface area contributed by atoms with Gasteiger partial charge < -0.3 is 4.90 Å². The molecule has 9 aromatic rings. The van der Waals surface area contributed by atoms with Gasteiger partial charge in [0.25, 0.3) is 0 Å². The van der Waals surface area contributed by atoms with Crippen LogP contribution in [0.3, 0.4) is 0 Å². The molecule has 1 saturated carbocycles. The molecule has 57 heavy (non-hydrogen) atoms. The minimum Gasteiger partial charge on any atom is -0.334 e. The Morgan fingerprint density at radius 3 is 1.40 bits per heavy atom. The second-order valence-electron chi connectivity index (χ2n) is 16.7. The van der Waals surface area contributed by atoms with Crippen molar-refractivity contribution in [2.45, 2.75) is 50.5 Å². The molecule has 1 fully saturated rings. The maximum Gasteiger partial charge on any atom is 0.0991 e. The summed E-state index contributed by atoms with van der Waals surface area (Å²) in [5, 5.41) is 17.4. The number of fused-ring (bicyclic) bond motifs is 3.